The molecule has 12 heteroatoms. The van der Waals surface area contributed by atoms with Gasteiger partial charge in [0.05, 0.1) is 27.6 Å². The fourth-order valence-electron chi connectivity index (χ4n) is 2.99. The van der Waals surface area contributed by atoms with E-state index in [-0.39, 0.29) is 28.4 Å². The SMILES string of the molecule is Cc1cc(F)ccc1Oc1cc(C(F)(F)F)c(Cl)cc1C(=O)Nc1ccnc(CS(C)(=N)=O)c1. The number of alkyl halides is 3. The highest BCUT2D eigenvalue weighted by Crippen LogP contribution is 2.40. The lowest BCUT2D eigenvalue weighted by Gasteiger charge is -2.17. The van der Waals surface area contributed by atoms with Crippen LogP contribution in [0.1, 0.15) is 27.2 Å². The molecular formula is C22H18ClF4N3O3S. The molecule has 180 valence electrons. The highest BCUT2D eigenvalue weighted by Gasteiger charge is 2.35. The Balaban J connectivity index is 2.01. The number of carbonyl (C=O) groups excluding carboxylic acids is 1. The van der Waals surface area contributed by atoms with Crippen molar-refractivity contribution in [1.29, 1.82) is 4.78 Å². The Morgan fingerprint density at radius 1 is 1.18 bits per heavy atom. The van der Waals surface area contributed by atoms with Crippen molar-refractivity contribution in [2.45, 2.75) is 18.9 Å². The van der Waals surface area contributed by atoms with Gasteiger partial charge in [0.25, 0.3) is 5.91 Å². The molecule has 1 aromatic heterocycles. The van der Waals surface area contributed by atoms with Crippen LogP contribution in [0.3, 0.4) is 0 Å². The summed E-state index contributed by atoms with van der Waals surface area (Å²) in [4.78, 5) is 17.0. The van der Waals surface area contributed by atoms with Gasteiger partial charge in [-0.3, -0.25) is 14.6 Å². The van der Waals surface area contributed by atoms with E-state index in [2.05, 4.69) is 10.3 Å². The van der Waals surface area contributed by atoms with Crippen molar-refractivity contribution >= 4 is 32.9 Å². The minimum absolute atomic E-state index is 0.0465. The number of aromatic nitrogens is 1. The number of benzene rings is 2. The number of nitrogens with one attached hydrogen (secondary N) is 2. The van der Waals surface area contributed by atoms with Gasteiger partial charge in [-0.2, -0.15) is 13.2 Å². The highest BCUT2D eigenvalue weighted by atomic mass is 35.5. The molecule has 0 saturated carbocycles. The number of carbonyl (C=O) groups is 1. The predicted molar refractivity (Wildman–Crippen MR) is 120 cm³/mol. The van der Waals surface area contributed by atoms with Gasteiger partial charge in [0.1, 0.15) is 17.3 Å². The Morgan fingerprint density at radius 2 is 1.88 bits per heavy atom. The summed E-state index contributed by atoms with van der Waals surface area (Å²) >= 11 is 5.82. The molecule has 6 nitrogen and oxygen atoms in total. The molecule has 0 radical (unpaired) electrons. The van der Waals surface area contributed by atoms with Gasteiger partial charge in [-0.15, -0.1) is 0 Å². The predicted octanol–water partition coefficient (Wildman–Crippen LogP) is 6.42. The number of ether oxygens (including phenoxy) is 1. The maximum absolute atomic E-state index is 13.4. The monoisotopic (exact) mass is 515 g/mol. The van der Waals surface area contributed by atoms with Crippen molar-refractivity contribution < 1.29 is 31.3 Å². The Labute approximate surface area is 197 Å². The van der Waals surface area contributed by atoms with E-state index in [4.69, 9.17) is 21.1 Å². The summed E-state index contributed by atoms with van der Waals surface area (Å²) in [5.74, 6) is -1.95. The minimum Gasteiger partial charge on any atom is -0.456 e. The van der Waals surface area contributed by atoms with Gasteiger partial charge in [0, 0.05) is 27.9 Å². The van der Waals surface area contributed by atoms with Crippen LogP contribution in [0.15, 0.2) is 48.7 Å². The molecule has 0 aliphatic heterocycles. The molecule has 2 N–H and O–H groups in total. The standard InChI is InChI=1S/C22H18ClF4N3O3S/c1-12-7-13(24)3-4-19(12)33-20-10-17(22(25,26)27)18(23)9-16(20)21(31)30-14-5-6-29-15(8-14)11-34(2,28)32/h3-10,28H,11H2,1-2H3,(H,29,30,31). The van der Waals surface area contributed by atoms with Crippen molar-refractivity contribution in [3.05, 3.63) is 81.9 Å². The van der Waals surface area contributed by atoms with Crippen molar-refractivity contribution in [2.75, 3.05) is 11.6 Å². The van der Waals surface area contributed by atoms with Crippen LogP contribution >= 0.6 is 11.6 Å². The molecule has 0 saturated heterocycles. The topological polar surface area (TPSA) is 92.1 Å². The molecule has 0 bridgehead atoms. The number of amides is 1. The lowest BCUT2D eigenvalue weighted by Crippen LogP contribution is -2.15. The first kappa shape index (κ1) is 25.4. The van der Waals surface area contributed by atoms with Crippen LogP contribution in [-0.2, 0) is 21.7 Å². The Hall–Kier alpha value is -3.18. The van der Waals surface area contributed by atoms with E-state index >= 15 is 0 Å². The summed E-state index contributed by atoms with van der Waals surface area (Å²) in [5, 5.41) is 1.79. The third-order valence-electron chi connectivity index (χ3n) is 4.47. The van der Waals surface area contributed by atoms with Crippen molar-refractivity contribution in [3.63, 3.8) is 0 Å². The van der Waals surface area contributed by atoms with Crippen LogP contribution in [0.4, 0.5) is 23.2 Å². The molecule has 0 aliphatic carbocycles. The molecule has 2 aromatic carbocycles. The molecule has 3 aromatic rings. The van der Waals surface area contributed by atoms with Crippen LogP contribution in [0, 0.1) is 17.5 Å². The fourth-order valence-corrected chi connectivity index (χ4v) is 3.99. The summed E-state index contributed by atoms with van der Waals surface area (Å²) in [6, 6.07) is 7.67. The molecule has 0 aliphatic rings. The van der Waals surface area contributed by atoms with Gasteiger partial charge < -0.3 is 10.1 Å². The van der Waals surface area contributed by atoms with E-state index in [1.165, 1.54) is 37.6 Å². The maximum atomic E-state index is 13.4. The first-order valence-electron chi connectivity index (χ1n) is 9.55. The van der Waals surface area contributed by atoms with E-state index in [0.29, 0.717) is 11.6 Å². The minimum atomic E-state index is -4.81. The fraction of sp³-hybridized carbons (Fsp3) is 0.182. The van der Waals surface area contributed by atoms with Gasteiger partial charge in [-0.05, 0) is 55.0 Å². The van der Waals surface area contributed by atoms with Crippen LogP contribution in [0.5, 0.6) is 11.5 Å². The second kappa shape index (κ2) is 9.59. The highest BCUT2D eigenvalue weighted by molar-refractivity contribution is 7.90. The van der Waals surface area contributed by atoms with Crippen LogP contribution in [-0.4, -0.2) is 21.4 Å². The van der Waals surface area contributed by atoms with Crippen molar-refractivity contribution in [3.8, 4) is 11.5 Å². The zero-order valence-corrected chi connectivity index (χ0v) is 19.4. The Kier molecular flexibility index (Phi) is 7.18. The largest absolute Gasteiger partial charge is 0.456 e. The molecular weight excluding hydrogens is 498 g/mol. The number of rotatable bonds is 6. The van der Waals surface area contributed by atoms with E-state index in [1.807, 2.05) is 0 Å². The van der Waals surface area contributed by atoms with E-state index in [9.17, 15) is 26.6 Å². The van der Waals surface area contributed by atoms with Crippen molar-refractivity contribution in [1.82, 2.24) is 4.98 Å². The lowest BCUT2D eigenvalue weighted by atomic mass is 10.1. The van der Waals surface area contributed by atoms with Crippen LogP contribution in [0.2, 0.25) is 5.02 Å². The van der Waals surface area contributed by atoms with Gasteiger partial charge in [0.2, 0.25) is 0 Å². The summed E-state index contributed by atoms with van der Waals surface area (Å²) in [7, 11) is -2.89. The zero-order valence-electron chi connectivity index (χ0n) is 17.8. The lowest BCUT2D eigenvalue weighted by molar-refractivity contribution is -0.137. The van der Waals surface area contributed by atoms with Crippen molar-refractivity contribution in [2.24, 2.45) is 0 Å². The average molecular weight is 516 g/mol. The third-order valence-corrected chi connectivity index (χ3v) is 5.63. The van der Waals surface area contributed by atoms with Gasteiger partial charge in [-0.25, -0.2) is 8.60 Å². The molecule has 1 unspecified atom stereocenters. The number of halogens is 5. The Bertz CT molecular complexity index is 1360. The Morgan fingerprint density at radius 3 is 2.50 bits per heavy atom. The quantitative estimate of drug-likeness (QED) is 0.370. The summed E-state index contributed by atoms with van der Waals surface area (Å²) in [6.45, 7) is 1.50. The molecule has 1 amide bonds. The molecule has 1 atom stereocenters. The molecule has 0 fully saturated rings. The summed E-state index contributed by atoms with van der Waals surface area (Å²) in [6.07, 6.45) is -2.24. The molecule has 34 heavy (non-hydrogen) atoms. The molecule has 0 spiro atoms. The molecule has 3 rings (SSSR count). The first-order valence-corrected chi connectivity index (χ1v) is 12.1. The summed E-state index contributed by atoms with van der Waals surface area (Å²) < 4.78 is 78.5. The number of pyridine rings is 1. The number of hydrogen-bond acceptors (Lipinski definition) is 5. The second-order valence-electron chi connectivity index (χ2n) is 7.48. The number of hydrogen-bond donors (Lipinski definition) is 2. The smallest absolute Gasteiger partial charge is 0.417 e. The second-order valence-corrected chi connectivity index (χ2v) is 10.2. The summed E-state index contributed by atoms with van der Waals surface area (Å²) in [5.41, 5.74) is -0.727. The van der Waals surface area contributed by atoms with E-state index in [1.54, 1.807) is 0 Å². The van der Waals surface area contributed by atoms with E-state index in [0.717, 1.165) is 18.2 Å². The first-order chi connectivity index (χ1) is 15.7. The number of nitrogens with zero attached hydrogens (tertiary/aromatic N) is 1. The van der Waals surface area contributed by atoms with Gasteiger partial charge in [0.15, 0.2) is 0 Å². The zero-order chi connectivity index (χ0) is 25.3. The number of aryl methyl sites for hydroxylation is 1. The molecule has 1 heterocycles. The van der Waals surface area contributed by atoms with Crippen LogP contribution in [0.25, 0.3) is 0 Å². The third kappa shape index (κ3) is 6.45. The van der Waals surface area contributed by atoms with Crippen LogP contribution < -0.4 is 10.1 Å². The normalized spacial score (nSPS) is 13.3. The van der Waals surface area contributed by atoms with Gasteiger partial charge >= 0.3 is 6.18 Å². The van der Waals surface area contributed by atoms with Gasteiger partial charge in [-0.1, -0.05) is 11.6 Å². The average Bonchev–Trinajstić information content (AvgIpc) is 2.69. The maximum Gasteiger partial charge on any atom is 0.417 e. The number of anilines is 1. The van der Waals surface area contributed by atoms with E-state index < -0.39 is 44.0 Å².